The quantitative estimate of drug-likeness (QED) is 0.520. The van der Waals surface area contributed by atoms with Gasteiger partial charge in [-0.25, -0.2) is 0 Å². The second-order valence-corrected chi connectivity index (χ2v) is 6.79. The van der Waals surface area contributed by atoms with Gasteiger partial charge in [0.05, 0.1) is 17.7 Å². The van der Waals surface area contributed by atoms with Gasteiger partial charge in [-0.1, -0.05) is 12.1 Å². The lowest BCUT2D eigenvalue weighted by atomic mass is 10.1. The van der Waals surface area contributed by atoms with Crippen LogP contribution in [0, 0.1) is 6.92 Å². The van der Waals surface area contributed by atoms with E-state index in [0.29, 0.717) is 37.3 Å². The number of carbonyl (C=O) groups excluding carboxylic acids is 3. The van der Waals surface area contributed by atoms with Gasteiger partial charge in [-0.2, -0.15) is 0 Å². The highest BCUT2D eigenvalue weighted by Gasteiger charge is 2.35. The fraction of sp³-hybridized carbons (Fsp3) is 0.318. The number of amides is 3. The highest BCUT2D eigenvalue weighted by Crippen LogP contribution is 2.24. The Balaban J connectivity index is 1.56. The van der Waals surface area contributed by atoms with Gasteiger partial charge in [-0.15, -0.1) is 0 Å². The third-order valence-electron chi connectivity index (χ3n) is 4.61. The van der Waals surface area contributed by atoms with Gasteiger partial charge in [0, 0.05) is 25.8 Å². The highest BCUT2D eigenvalue weighted by atomic mass is 16.5. The standard InChI is InChI=1S/C22H24N2O5/c1-15-5-3-6-17(13-15)29-12-9-23-20(25)16-7-8-18-19(14-16)22(27)24(21(18)26)10-4-11-28-2/h3,5-8,13-14H,4,9-12H2,1-2H3,(H,23,25). The van der Waals surface area contributed by atoms with Crippen molar-refractivity contribution < 1.29 is 23.9 Å². The summed E-state index contributed by atoms with van der Waals surface area (Å²) in [5.74, 6) is -0.286. The molecule has 152 valence electrons. The van der Waals surface area contributed by atoms with Crippen LogP contribution in [-0.2, 0) is 4.74 Å². The normalized spacial score (nSPS) is 12.8. The molecule has 0 saturated carbocycles. The van der Waals surface area contributed by atoms with E-state index >= 15 is 0 Å². The summed E-state index contributed by atoms with van der Waals surface area (Å²) >= 11 is 0. The van der Waals surface area contributed by atoms with Crippen molar-refractivity contribution in [3.05, 3.63) is 64.7 Å². The molecule has 0 saturated heterocycles. The summed E-state index contributed by atoms with van der Waals surface area (Å²) < 4.78 is 10.6. The van der Waals surface area contributed by atoms with Crippen molar-refractivity contribution in [1.29, 1.82) is 0 Å². The van der Waals surface area contributed by atoms with E-state index in [4.69, 9.17) is 9.47 Å². The molecule has 0 unspecified atom stereocenters. The minimum Gasteiger partial charge on any atom is -0.492 e. The number of carbonyl (C=O) groups is 3. The van der Waals surface area contributed by atoms with E-state index in [1.807, 2.05) is 31.2 Å². The number of nitrogens with one attached hydrogen (secondary N) is 1. The summed E-state index contributed by atoms with van der Waals surface area (Å²) in [5.41, 5.74) is 2.02. The van der Waals surface area contributed by atoms with E-state index in [0.717, 1.165) is 11.3 Å². The summed E-state index contributed by atoms with van der Waals surface area (Å²) in [6.07, 6.45) is 0.566. The molecule has 2 aromatic rings. The van der Waals surface area contributed by atoms with Crippen molar-refractivity contribution in [2.75, 3.05) is 33.4 Å². The van der Waals surface area contributed by atoms with Crippen LogP contribution in [0.3, 0.4) is 0 Å². The van der Waals surface area contributed by atoms with Crippen molar-refractivity contribution in [2.45, 2.75) is 13.3 Å². The second kappa shape index (κ2) is 9.34. The molecule has 1 aliphatic rings. The molecule has 0 atom stereocenters. The van der Waals surface area contributed by atoms with E-state index in [1.165, 1.54) is 17.0 Å². The maximum Gasteiger partial charge on any atom is 0.261 e. The number of rotatable bonds is 9. The summed E-state index contributed by atoms with van der Waals surface area (Å²) in [5, 5.41) is 2.76. The summed E-state index contributed by atoms with van der Waals surface area (Å²) in [7, 11) is 1.57. The number of aryl methyl sites for hydroxylation is 1. The molecule has 3 amide bonds. The average Bonchev–Trinajstić information content (AvgIpc) is 2.95. The van der Waals surface area contributed by atoms with E-state index in [2.05, 4.69) is 5.32 Å². The van der Waals surface area contributed by atoms with Crippen molar-refractivity contribution >= 4 is 17.7 Å². The van der Waals surface area contributed by atoms with Crippen LogP contribution in [0.2, 0.25) is 0 Å². The van der Waals surface area contributed by atoms with Gasteiger partial charge in [0.15, 0.2) is 0 Å². The van der Waals surface area contributed by atoms with Gasteiger partial charge in [0.1, 0.15) is 12.4 Å². The minimum atomic E-state index is -0.376. The number of benzene rings is 2. The maximum absolute atomic E-state index is 12.5. The third-order valence-corrected chi connectivity index (χ3v) is 4.61. The fourth-order valence-electron chi connectivity index (χ4n) is 3.14. The predicted molar refractivity (Wildman–Crippen MR) is 107 cm³/mol. The fourth-order valence-corrected chi connectivity index (χ4v) is 3.14. The molecule has 3 rings (SSSR count). The first-order valence-corrected chi connectivity index (χ1v) is 9.48. The Labute approximate surface area is 169 Å². The van der Waals surface area contributed by atoms with Gasteiger partial charge >= 0.3 is 0 Å². The number of imide groups is 1. The monoisotopic (exact) mass is 396 g/mol. The van der Waals surface area contributed by atoms with E-state index in [9.17, 15) is 14.4 Å². The van der Waals surface area contributed by atoms with Crippen LogP contribution < -0.4 is 10.1 Å². The topological polar surface area (TPSA) is 84.9 Å². The number of nitrogens with zero attached hydrogens (tertiary/aromatic N) is 1. The molecule has 0 aromatic heterocycles. The van der Waals surface area contributed by atoms with Crippen LogP contribution in [-0.4, -0.2) is 56.0 Å². The molecular formula is C22H24N2O5. The molecule has 7 heteroatoms. The van der Waals surface area contributed by atoms with Crippen LogP contribution in [0.25, 0.3) is 0 Å². The first-order valence-electron chi connectivity index (χ1n) is 9.48. The Morgan fingerprint density at radius 2 is 1.83 bits per heavy atom. The lowest BCUT2D eigenvalue weighted by Gasteiger charge is -2.12. The van der Waals surface area contributed by atoms with Gasteiger partial charge in [0.2, 0.25) is 0 Å². The molecule has 1 aliphatic heterocycles. The van der Waals surface area contributed by atoms with Gasteiger partial charge in [0.25, 0.3) is 17.7 Å². The van der Waals surface area contributed by atoms with Crippen LogP contribution in [0.5, 0.6) is 5.75 Å². The van der Waals surface area contributed by atoms with E-state index < -0.39 is 0 Å². The molecule has 0 aliphatic carbocycles. The molecule has 0 radical (unpaired) electrons. The SMILES string of the molecule is COCCCN1C(=O)c2ccc(C(=O)NCCOc3cccc(C)c3)cc2C1=O. The zero-order valence-corrected chi connectivity index (χ0v) is 16.6. The molecule has 0 spiro atoms. The predicted octanol–water partition coefficient (Wildman–Crippen LogP) is 2.44. The zero-order valence-electron chi connectivity index (χ0n) is 16.6. The van der Waals surface area contributed by atoms with Gasteiger partial charge in [-0.3, -0.25) is 19.3 Å². The van der Waals surface area contributed by atoms with Crippen LogP contribution in [0.4, 0.5) is 0 Å². The van der Waals surface area contributed by atoms with Crippen molar-refractivity contribution in [3.8, 4) is 5.75 Å². The first kappa shape index (κ1) is 20.5. The summed E-state index contributed by atoms with van der Waals surface area (Å²) in [4.78, 5) is 38.5. The minimum absolute atomic E-state index is 0.260. The Bertz CT molecular complexity index is 925. The van der Waals surface area contributed by atoms with Crippen LogP contribution >= 0.6 is 0 Å². The van der Waals surface area contributed by atoms with Crippen molar-refractivity contribution in [3.63, 3.8) is 0 Å². The molecule has 1 N–H and O–H groups in total. The smallest absolute Gasteiger partial charge is 0.261 e. The number of ether oxygens (including phenoxy) is 2. The molecular weight excluding hydrogens is 372 g/mol. The largest absolute Gasteiger partial charge is 0.492 e. The van der Waals surface area contributed by atoms with Gasteiger partial charge in [-0.05, 0) is 49.2 Å². The summed E-state index contributed by atoms with van der Waals surface area (Å²) in [6, 6.07) is 12.2. The summed E-state index contributed by atoms with van der Waals surface area (Å²) in [6.45, 7) is 3.38. The Morgan fingerprint density at radius 3 is 2.59 bits per heavy atom. The number of hydrogen-bond donors (Lipinski definition) is 1. The third kappa shape index (κ3) is 4.81. The van der Waals surface area contributed by atoms with E-state index in [1.54, 1.807) is 13.2 Å². The van der Waals surface area contributed by atoms with Crippen LogP contribution in [0.1, 0.15) is 43.1 Å². The highest BCUT2D eigenvalue weighted by molar-refractivity contribution is 6.22. The number of hydrogen-bond acceptors (Lipinski definition) is 5. The van der Waals surface area contributed by atoms with E-state index in [-0.39, 0.29) is 29.8 Å². The maximum atomic E-state index is 12.5. The second-order valence-electron chi connectivity index (χ2n) is 6.79. The number of fused-ring (bicyclic) bond motifs is 1. The van der Waals surface area contributed by atoms with Gasteiger partial charge < -0.3 is 14.8 Å². The number of methoxy groups -OCH3 is 1. The molecule has 2 aromatic carbocycles. The molecule has 0 bridgehead atoms. The molecule has 7 nitrogen and oxygen atoms in total. The molecule has 0 fully saturated rings. The lowest BCUT2D eigenvalue weighted by Crippen LogP contribution is -2.31. The average molecular weight is 396 g/mol. The Morgan fingerprint density at radius 1 is 1.03 bits per heavy atom. The zero-order chi connectivity index (χ0) is 20.8. The molecule has 1 heterocycles. The van der Waals surface area contributed by atoms with Crippen LogP contribution in [0.15, 0.2) is 42.5 Å². The first-order chi connectivity index (χ1) is 14.0. The Hall–Kier alpha value is -3.19. The molecule has 29 heavy (non-hydrogen) atoms. The van der Waals surface area contributed by atoms with Crippen molar-refractivity contribution in [1.82, 2.24) is 10.2 Å². The lowest BCUT2D eigenvalue weighted by molar-refractivity contribution is 0.0638. The van der Waals surface area contributed by atoms with Crippen molar-refractivity contribution in [2.24, 2.45) is 0 Å². The Kier molecular flexibility index (Phi) is 6.61.